The predicted octanol–water partition coefficient (Wildman–Crippen LogP) is 3.04. The first-order valence-corrected chi connectivity index (χ1v) is 9.85. The summed E-state index contributed by atoms with van der Waals surface area (Å²) in [5, 5.41) is 8.93. The molecule has 0 saturated heterocycles. The molecule has 0 bridgehead atoms. The molecule has 152 valence electrons. The molecule has 0 atom stereocenters. The van der Waals surface area contributed by atoms with Crippen LogP contribution in [0.25, 0.3) is 11.3 Å². The molecule has 10 heteroatoms. The quantitative estimate of drug-likeness (QED) is 0.659. The van der Waals surface area contributed by atoms with Crippen molar-refractivity contribution in [1.29, 1.82) is 0 Å². The van der Waals surface area contributed by atoms with Gasteiger partial charge < -0.3 is 14.7 Å². The SMILES string of the molecule is COc1c(CN(C)C(=O)O)cn(S(=O)(=O)c2ccccn2)c1-c1ccccc1F. The van der Waals surface area contributed by atoms with Crippen molar-refractivity contribution >= 4 is 16.1 Å². The van der Waals surface area contributed by atoms with Crippen LogP contribution < -0.4 is 4.74 Å². The lowest BCUT2D eigenvalue weighted by Gasteiger charge is -2.13. The van der Waals surface area contributed by atoms with Crippen molar-refractivity contribution in [1.82, 2.24) is 13.9 Å². The van der Waals surface area contributed by atoms with Crippen LogP contribution in [0.1, 0.15) is 5.56 Å². The summed E-state index contributed by atoms with van der Waals surface area (Å²) in [6.45, 7) is -0.162. The summed E-state index contributed by atoms with van der Waals surface area (Å²) in [5.41, 5.74) is 0.202. The number of rotatable bonds is 6. The first-order valence-electron chi connectivity index (χ1n) is 8.41. The van der Waals surface area contributed by atoms with Crippen molar-refractivity contribution in [3.63, 3.8) is 0 Å². The third-order valence-corrected chi connectivity index (χ3v) is 5.80. The highest BCUT2D eigenvalue weighted by Crippen LogP contribution is 2.39. The highest BCUT2D eigenvalue weighted by Gasteiger charge is 2.29. The van der Waals surface area contributed by atoms with Crippen LogP contribution in [0.4, 0.5) is 9.18 Å². The van der Waals surface area contributed by atoms with Gasteiger partial charge in [-0.15, -0.1) is 0 Å². The second-order valence-corrected chi connectivity index (χ2v) is 7.89. The van der Waals surface area contributed by atoms with Gasteiger partial charge in [-0.1, -0.05) is 18.2 Å². The number of aromatic nitrogens is 2. The van der Waals surface area contributed by atoms with Crippen LogP contribution >= 0.6 is 0 Å². The number of carboxylic acid groups (broad SMARTS) is 1. The number of pyridine rings is 1. The predicted molar refractivity (Wildman–Crippen MR) is 103 cm³/mol. The maximum absolute atomic E-state index is 14.6. The molecule has 0 radical (unpaired) electrons. The van der Waals surface area contributed by atoms with Crippen molar-refractivity contribution in [2.45, 2.75) is 11.6 Å². The van der Waals surface area contributed by atoms with Gasteiger partial charge in [0.1, 0.15) is 11.5 Å². The first-order chi connectivity index (χ1) is 13.8. The minimum atomic E-state index is -4.21. The number of nitrogens with zero attached hydrogens (tertiary/aromatic N) is 3. The Morgan fingerprint density at radius 3 is 2.52 bits per heavy atom. The summed E-state index contributed by atoms with van der Waals surface area (Å²) in [7, 11) is -1.57. The van der Waals surface area contributed by atoms with Gasteiger partial charge >= 0.3 is 6.09 Å². The molecule has 0 aliphatic carbocycles. The van der Waals surface area contributed by atoms with E-state index in [0.29, 0.717) is 0 Å². The largest absolute Gasteiger partial charge is 0.494 e. The minimum Gasteiger partial charge on any atom is -0.494 e. The van der Waals surface area contributed by atoms with Crippen LogP contribution in [0.3, 0.4) is 0 Å². The Morgan fingerprint density at radius 1 is 1.24 bits per heavy atom. The number of ether oxygens (including phenoxy) is 1. The Hall–Kier alpha value is -3.40. The topological polar surface area (TPSA) is 102 Å². The molecule has 0 aliphatic rings. The molecular formula is C19H18FN3O5S. The summed E-state index contributed by atoms with van der Waals surface area (Å²) in [5.74, 6) is -0.595. The molecule has 2 aromatic heterocycles. The molecule has 2 heterocycles. The van der Waals surface area contributed by atoms with Gasteiger partial charge in [-0.25, -0.2) is 18.1 Å². The van der Waals surface area contributed by atoms with E-state index in [1.54, 1.807) is 12.1 Å². The summed E-state index contributed by atoms with van der Waals surface area (Å²) in [4.78, 5) is 16.1. The average Bonchev–Trinajstić information content (AvgIpc) is 3.07. The van der Waals surface area contributed by atoms with Gasteiger partial charge in [0.05, 0.1) is 13.7 Å². The van der Waals surface area contributed by atoms with Crippen molar-refractivity contribution in [3.05, 3.63) is 66.2 Å². The van der Waals surface area contributed by atoms with Crippen LogP contribution in [0.2, 0.25) is 0 Å². The Labute approximate surface area is 166 Å². The standard InChI is InChI=1S/C19H18FN3O5S/c1-22(19(24)25)11-13-12-23(29(26,27)16-9-5-6-10-21-16)17(18(13)28-2)14-7-3-4-8-15(14)20/h3-10,12H,11H2,1-2H3,(H,24,25). The molecule has 0 aliphatic heterocycles. The third kappa shape index (κ3) is 3.79. The lowest BCUT2D eigenvalue weighted by Crippen LogP contribution is -2.24. The highest BCUT2D eigenvalue weighted by atomic mass is 32.2. The van der Waals surface area contributed by atoms with Crippen molar-refractivity contribution < 1.29 is 27.4 Å². The van der Waals surface area contributed by atoms with E-state index in [1.165, 1.54) is 56.9 Å². The van der Waals surface area contributed by atoms with E-state index < -0.39 is 21.9 Å². The van der Waals surface area contributed by atoms with E-state index in [1.807, 2.05) is 0 Å². The highest BCUT2D eigenvalue weighted by molar-refractivity contribution is 7.90. The number of benzene rings is 1. The van der Waals surface area contributed by atoms with Gasteiger partial charge in [0.25, 0.3) is 10.0 Å². The van der Waals surface area contributed by atoms with Crippen LogP contribution in [-0.2, 0) is 16.6 Å². The number of hydrogen-bond donors (Lipinski definition) is 1. The van der Waals surface area contributed by atoms with E-state index in [2.05, 4.69) is 4.98 Å². The first kappa shape index (κ1) is 20.3. The molecule has 8 nitrogen and oxygen atoms in total. The molecule has 29 heavy (non-hydrogen) atoms. The molecule has 1 aromatic carbocycles. The van der Waals surface area contributed by atoms with Crippen molar-refractivity contribution in [2.75, 3.05) is 14.2 Å². The maximum Gasteiger partial charge on any atom is 0.407 e. The van der Waals surface area contributed by atoms with Gasteiger partial charge in [0, 0.05) is 30.6 Å². The fourth-order valence-corrected chi connectivity index (χ4v) is 4.20. The van der Waals surface area contributed by atoms with Gasteiger partial charge in [-0.3, -0.25) is 0 Å². The molecular weight excluding hydrogens is 401 g/mol. The number of methoxy groups -OCH3 is 1. The number of hydrogen-bond acceptors (Lipinski definition) is 5. The minimum absolute atomic E-state index is 0.00640. The lowest BCUT2D eigenvalue weighted by atomic mass is 10.1. The normalized spacial score (nSPS) is 11.3. The van der Waals surface area contributed by atoms with Gasteiger partial charge in [-0.05, 0) is 24.3 Å². The molecule has 0 unspecified atom stereocenters. The van der Waals surface area contributed by atoms with Gasteiger partial charge in [0.2, 0.25) is 0 Å². The monoisotopic (exact) mass is 419 g/mol. The lowest BCUT2D eigenvalue weighted by molar-refractivity contribution is 0.153. The zero-order valence-electron chi connectivity index (χ0n) is 15.6. The van der Waals surface area contributed by atoms with Crippen LogP contribution in [-0.4, -0.2) is 47.6 Å². The fraction of sp³-hybridized carbons (Fsp3) is 0.158. The molecule has 1 N–H and O–H groups in total. The number of amides is 1. The fourth-order valence-electron chi connectivity index (χ4n) is 2.86. The van der Waals surface area contributed by atoms with Gasteiger partial charge in [-0.2, -0.15) is 8.42 Å². The molecule has 0 fully saturated rings. The smallest absolute Gasteiger partial charge is 0.407 e. The second kappa shape index (κ2) is 7.92. The summed E-state index contributed by atoms with van der Waals surface area (Å²) in [6, 6.07) is 10.1. The summed E-state index contributed by atoms with van der Waals surface area (Å²) < 4.78 is 47.3. The molecule has 0 spiro atoms. The average molecular weight is 419 g/mol. The van der Waals surface area contributed by atoms with E-state index in [4.69, 9.17) is 4.74 Å². The van der Waals surface area contributed by atoms with Crippen molar-refractivity contribution in [2.24, 2.45) is 0 Å². The van der Waals surface area contributed by atoms with E-state index >= 15 is 0 Å². The zero-order valence-corrected chi connectivity index (χ0v) is 16.4. The molecule has 3 aromatic rings. The van der Waals surface area contributed by atoms with E-state index in [9.17, 15) is 22.7 Å². The number of halogens is 1. The third-order valence-electron chi connectivity index (χ3n) is 4.23. The maximum atomic E-state index is 14.6. The number of carbonyl (C=O) groups is 1. The Balaban J connectivity index is 2.31. The van der Waals surface area contributed by atoms with Crippen LogP contribution in [0.15, 0.2) is 59.9 Å². The van der Waals surface area contributed by atoms with Gasteiger partial charge in [0.15, 0.2) is 10.8 Å². The van der Waals surface area contributed by atoms with Crippen molar-refractivity contribution in [3.8, 4) is 17.0 Å². The van der Waals surface area contributed by atoms with Crippen LogP contribution in [0.5, 0.6) is 5.75 Å². The summed E-state index contributed by atoms with van der Waals surface area (Å²) >= 11 is 0. The Kier molecular flexibility index (Phi) is 5.55. The molecule has 3 rings (SSSR count). The summed E-state index contributed by atoms with van der Waals surface area (Å²) in [6.07, 6.45) is 1.35. The second-order valence-electron chi connectivity index (χ2n) is 6.12. The Bertz CT molecular complexity index is 1150. The molecule has 0 saturated carbocycles. The van der Waals surface area contributed by atoms with Crippen LogP contribution in [0, 0.1) is 5.82 Å². The zero-order chi connectivity index (χ0) is 21.2. The van der Waals surface area contributed by atoms with E-state index in [0.717, 1.165) is 8.87 Å². The molecule has 1 amide bonds. The van der Waals surface area contributed by atoms with E-state index in [-0.39, 0.29) is 34.1 Å². The Morgan fingerprint density at radius 2 is 1.93 bits per heavy atom.